The normalized spacial score (nSPS) is 20.3. The SMILES string of the molecule is COc1ccc(S(=O)(=O)N2CCC(C(=O)N3CCCCCC3)CC2)cc1C. The highest BCUT2D eigenvalue weighted by molar-refractivity contribution is 7.89. The van der Waals surface area contributed by atoms with Crippen molar-refractivity contribution in [2.24, 2.45) is 5.92 Å². The van der Waals surface area contributed by atoms with Crippen LogP contribution in [0.2, 0.25) is 0 Å². The van der Waals surface area contributed by atoms with Crippen LogP contribution in [0.25, 0.3) is 0 Å². The van der Waals surface area contributed by atoms with Gasteiger partial charge in [-0.1, -0.05) is 12.8 Å². The van der Waals surface area contributed by atoms with Crippen LogP contribution >= 0.6 is 0 Å². The fourth-order valence-electron chi connectivity index (χ4n) is 4.05. The minimum absolute atomic E-state index is 0.0489. The molecule has 2 aliphatic heterocycles. The van der Waals surface area contributed by atoms with Crippen LogP contribution in [0.15, 0.2) is 23.1 Å². The molecule has 0 radical (unpaired) electrons. The Morgan fingerprint density at radius 2 is 1.67 bits per heavy atom. The zero-order valence-electron chi connectivity index (χ0n) is 16.3. The first-order valence-corrected chi connectivity index (χ1v) is 11.3. The molecule has 0 spiro atoms. The molecular formula is C20H30N2O4S. The molecule has 1 amide bonds. The predicted octanol–water partition coefficient (Wildman–Crippen LogP) is 2.81. The number of sulfonamides is 1. The second kappa shape index (κ2) is 8.61. The van der Waals surface area contributed by atoms with Crippen LogP contribution in [0, 0.1) is 12.8 Å². The third-order valence-electron chi connectivity index (χ3n) is 5.72. The first-order chi connectivity index (χ1) is 12.9. The van der Waals surface area contributed by atoms with Crippen molar-refractivity contribution in [1.82, 2.24) is 9.21 Å². The number of rotatable bonds is 4. The average molecular weight is 395 g/mol. The van der Waals surface area contributed by atoms with E-state index in [-0.39, 0.29) is 16.7 Å². The van der Waals surface area contributed by atoms with E-state index in [0.29, 0.717) is 31.7 Å². The van der Waals surface area contributed by atoms with Gasteiger partial charge in [0.25, 0.3) is 0 Å². The standard InChI is InChI=1S/C20H30N2O4S/c1-16-15-18(7-8-19(16)26-2)27(24,25)22-13-9-17(10-14-22)20(23)21-11-5-3-4-6-12-21/h7-8,15,17H,3-6,9-14H2,1-2H3. The molecular weight excluding hydrogens is 364 g/mol. The maximum atomic E-state index is 13.0. The summed E-state index contributed by atoms with van der Waals surface area (Å²) in [6, 6.07) is 4.94. The number of amides is 1. The highest BCUT2D eigenvalue weighted by Gasteiger charge is 2.34. The summed E-state index contributed by atoms with van der Waals surface area (Å²) in [5, 5.41) is 0. The lowest BCUT2D eigenvalue weighted by Gasteiger charge is -2.33. The molecule has 0 saturated carbocycles. The molecule has 2 fully saturated rings. The van der Waals surface area contributed by atoms with E-state index < -0.39 is 10.0 Å². The van der Waals surface area contributed by atoms with Gasteiger partial charge in [0.1, 0.15) is 5.75 Å². The number of carbonyl (C=O) groups excluding carboxylic acids is 1. The van der Waals surface area contributed by atoms with Gasteiger partial charge in [-0.05, 0) is 56.4 Å². The highest BCUT2D eigenvalue weighted by Crippen LogP contribution is 2.28. The van der Waals surface area contributed by atoms with Crippen LogP contribution in [0.1, 0.15) is 44.1 Å². The van der Waals surface area contributed by atoms with Crippen molar-refractivity contribution >= 4 is 15.9 Å². The van der Waals surface area contributed by atoms with Crippen LogP contribution in [0.4, 0.5) is 0 Å². The van der Waals surface area contributed by atoms with Gasteiger partial charge in [-0.25, -0.2) is 8.42 Å². The number of benzene rings is 1. The summed E-state index contributed by atoms with van der Waals surface area (Å²) in [5.41, 5.74) is 0.796. The molecule has 2 heterocycles. The van der Waals surface area contributed by atoms with Crippen LogP contribution in [-0.2, 0) is 14.8 Å². The molecule has 6 nitrogen and oxygen atoms in total. The Bertz CT molecular complexity index is 762. The first-order valence-electron chi connectivity index (χ1n) is 9.87. The van der Waals surface area contributed by atoms with Gasteiger partial charge in [0, 0.05) is 32.1 Å². The lowest BCUT2D eigenvalue weighted by atomic mass is 9.96. The number of likely N-dealkylation sites (tertiary alicyclic amines) is 1. The fraction of sp³-hybridized carbons (Fsp3) is 0.650. The summed E-state index contributed by atoms with van der Waals surface area (Å²) in [6.07, 6.45) is 5.75. The number of aryl methyl sites for hydroxylation is 1. The minimum atomic E-state index is -3.54. The van der Waals surface area contributed by atoms with Crippen LogP contribution < -0.4 is 4.74 Å². The molecule has 1 aromatic rings. The van der Waals surface area contributed by atoms with E-state index in [2.05, 4.69) is 0 Å². The summed E-state index contributed by atoms with van der Waals surface area (Å²) in [6.45, 7) is 4.34. The number of carbonyl (C=O) groups is 1. The molecule has 0 unspecified atom stereocenters. The maximum Gasteiger partial charge on any atom is 0.243 e. The monoisotopic (exact) mass is 394 g/mol. The molecule has 0 bridgehead atoms. The summed E-state index contributed by atoms with van der Waals surface area (Å²) in [4.78, 5) is 15.1. The topological polar surface area (TPSA) is 66.9 Å². The van der Waals surface area contributed by atoms with Crippen molar-refractivity contribution in [2.45, 2.75) is 50.3 Å². The van der Waals surface area contributed by atoms with Gasteiger partial charge >= 0.3 is 0 Å². The van der Waals surface area contributed by atoms with Gasteiger partial charge in [-0.3, -0.25) is 4.79 Å². The van der Waals surface area contributed by atoms with E-state index in [9.17, 15) is 13.2 Å². The van der Waals surface area contributed by atoms with E-state index >= 15 is 0 Å². The van der Waals surface area contributed by atoms with Gasteiger partial charge in [0.05, 0.1) is 12.0 Å². The molecule has 1 aromatic carbocycles. The largest absolute Gasteiger partial charge is 0.496 e. The Labute approximate surface area is 162 Å². The Morgan fingerprint density at radius 3 is 2.22 bits per heavy atom. The molecule has 7 heteroatoms. The zero-order chi connectivity index (χ0) is 19.4. The van der Waals surface area contributed by atoms with Crippen molar-refractivity contribution in [2.75, 3.05) is 33.3 Å². The number of nitrogens with zero attached hydrogens (tertiary/aromatic N) is 2. The van der Waals surface area contributed by atoms with Crippen LogP contribution in [-0.4, -0.2) is 56.8 Å². The van der Waals surface area contributed by atoms with Crippen molar-refractivity contribution in [3.05, 3.63) is 23.8 Å². The second-order valence-electron chi connectivity index (χ2n) is 7.55. The Hall–Kier alpha value is -1.60. The summed E-state index contributed by atoms with van der Waals surface area (Å²) in [7, 11) is -1.96. The number of hydrogen-bond donors (Lipinski definition) is 0. The summed E-state index contributed by atoms with van der Waals surface area (Å²) in [5.74, 6) is 0.845. The van der Waals surface area contributed by atoms with E-state index in [1.54, 1.807) is 25.3 Å². The van der Waals surface area contributed by atoms with E-state index in [1.165, 1.54) is 17.1 Å². The molecule has 2 saturated heterocycles. The molecule has 0 aliphatic carbocycles. The maximum absolute atomic E-state index is 13.0. The lowest BCUT2D eigenvalue weighted by molar-refractivity contribution is -0.136. The number of hydrogen-bond acceptors (Lipinski definition) is 4. The van der Waals surface area contributed by atoms with Crippen LogP contribution in [0.3, 0.4) is 0 Å². The zero-order valence-corrected chi connectivity index (χ0v) is 17.1. The third-order valence-corrected chi connectivity index (χ3v) is 7.62. The number of piperidine rings is 1. The fourth-order valence-corrected chi connectivity index (χ4v) is 5.61. The van der Waals surface area contributed by atoms with Gasteiger partial charge < -0.3 is 9.64 Å². The van der Waals surface area contributed by atoms with Gasteiger partial charge in [-0.15, -0.1) is 0 Å². The molecule has 150 valence electrons. The van der Waals surface area contributed by atoms with E-state index in [1.807, 2.05) is 11.8 Å². The summed E-state index contributed by atoms with van der Waals surface area (Å²) < 4.78 is 32.6. The minimum Gasteiger partial charge on any atom is -0.496 e. The molecule has 27 heavy (non-hydrogen) atoms. The van der Waals surface area contributed by atoms with Crippen molar-refractivity contribution in [3.63, 3.8) is 0 Å². The molecule has 3 rings (SSSR count). The van der Waals surface area contributed by atoms with Gasteiger partial charge in [0.15, 0.2) is 0 Å². The number of ether oxygens (including phenoxy) is 1. The Balaban J connectivity index is 1.64. The van der Waals surface area contributed by atoms with Crippen molar-refractivity contribution < 1.29 is 17.9 Å². The third kappa shape index (κ3) is 4.46. The smallest absolute Gasteiger partial charge is 0.243 e. The first kappa shape index (κ1) is 20.1. The highest BCUT2D eigenvalue weighted by atomic mass is 32.2. The van der Waals surface area contributed by atoms with E-state index in [4.69, 9.17) is 4.74 Å². The Kier molecular flexibility index (Phi) is 6.42. The van der Waals surface area contributed by atoms with Gasteiger partial charge in [-0.2, -0.15) is 4.31 Å². The average Bonchev–Trinajstić information content (AvgIpc) is 2.97. The molecule has 0 N–H and O–H groups in total. The predicted molar refractivity (Wildman–Crippen MR) is 104 cm³/mol. The lowest BCUT2D eigenvalue weighted by Crippen LogP contribution is -2.44. The van der Waals surface area contributed by atoms with Crippen molar-refractivity contribution in [1.29, 1.82) is 0 Å². The van der Waals surface area contributed by atoms with Crippen molar-refractivity contribution in [3.8, 4) is 5.75 Å². The molecule has 2 aliphatic rings. The van der Waals surface area contributed by atoms with E-state index in [0.717, 1.165) is 31.5 Å². The Morgan fingerprint density at radius 1 is 1.04 bits per heavy atom. The molecule has 0 atom stereocenters. The van der Waals surface area contributed by atoms with Crippen LogP contribution in [0.5, 0.6) is 5.75 Å². The summed E-state index contributed by atoms with van der Waals surface area (Å²) >= 11 is 0. The molecule has 0 aromatic heterocycles. The number of methoxy groups -OCH3 is 1. The van der Waals surface area contributed by atoms with Gasteiger partial charge in [0.2, 0.25) is 15.9 Å². The quantitative estimate of drug-likeness (QED) is 0.788. The second-order valence-corrected chi connectivity index (χ2v) is 9.49.